The van der Waals surface area contributed by atoms with Crippen molar-refractivity contribution >= 4 is 28.9 Å². The molecule has 0 saturated heterocycles. The van der Waals surface area contributed by atoms with Crippen molar-refractivity contribution in [2.75, 3.05) is 11.1 Å². The maximum absolute atomic E-state index is 12.5. The molecule has 0 heterocycles. The number of nitrogen functional groups attached to an aromatic ring is 1. The third kappa shape index (κ3) is 3.91. The highest BCUT2D eigenvalue weighted by atomic mass is 35.5. The van der Waals surface area contributed by atoms with Gasteiger partial charge in [0.1, 0.15) is 0 Å². The summed E-state index contributed by atoms with van der Waals surface area (Å²) in [6, 6.07) is 13.4. The molecule has 2 aromatic carbocycles. The van der Waals surface area contributed by atoms with Crippen LogP contribution in [0.5, 0.6) is 0 Å². The Morgan fingerprint density at radius 2 is 1.71 bits per heavy atom. The van der Waals surface area contributed by atoms with Crippen molar-refractivity contribution < 1.29 is 4.79 Å². The summed E-state index contributed by atoms with van der Waals surface area (Å²) in [5.41, 5.74) is 9.17. The maximum Gasteiger partial charge on any atom is 0.255 e. The average Bonchev–Trinajstić information content (AvgIpc) is 2.63. The molecule has 2 aliphatic carbocycles. The van der Waals surface area contributed by atoms with Crippen LogP contribution in [0.15, 0.2) is 42.5 Å². The molecule has 2 aliphatic rings. The summed E-state index contributed by atoms with van der Waals surface area (Å²) in [4.78, 5) is 12.5. The summed E-state index contributed by atoms with van der Waals surface area (Å²) in [6.45, 7) is 4.83. The molecule has 2 bridgehead atoms. The van der Waals surface area contributed by atoms with E-state index in [-0.39, 0.29) is 11.3 Å². The highest BCUT2D eigenvalue weighted by molar-refractivity contribution is 6.33. The van der Waals surface area contributed by atoms with E-state index in [0.29, 0.717) is 16.3 Å². The summed E-state index contributed by atoms with van der Waals surface area (Å²) in [5.74, 6) is 2.43. The maximum atomic E-state index is 12.5. The number of halogens is 1. The van der Waals surface area contributed by atoms with E-state index in [0.717, 1.165) is 23.4 Å². The number of carbonyl (C=O) groups excluding carboxylic acids is 1. The summed E-state index contributed by atoms with van der Waals surface area (Å²) in [5, 5.41) is 3.41. The van der Waals surface area contributed by atoms with Crippen LogP contribution in [0.3, 0.4) is 0 Å². The van der Waals surface area contributed by atoms with E-state index in [1.54, 1.807) is 18.2 Å². The second-order valence-electron chi connectivity index (χ2n) is 9.28. The van der Waals surface area contributed by atoms with E-state index in [1.807, 2.05) is 12.1 Å². The van der Waals surface area contributed by atoms with Gasteiger partial charge >= 0.3 is 0 Å². The van der Waals surface area contributed by atoms with Crippen molar-refractivity contribution in [2.45, 2.75) is 51.4 Å². The first-order valence-electron chi connectivity index (χ1n) is 10.3. The molecule has 4 rings (SSSR count). The predicted molar refractivity (Wildman–Crippen MR) is 117 cm³/mol. The van der Waals surface area contributed by atoms with E-state index in [9.17, 15) is 4.79 Å². The Labute approximate surface area is 172 Å². The van der Waals surface area contributed by atoms with Gasteiger partial charge in [0.05, 0.1) is 10.7 Å². The molecule has 2 atom stereocenters. The minimum atomic E-state index is -0.177. The Morgan fingerprint density at radius 3 is 2.32 bits per heavy atom. The van der Waals surface area contributed by atoms with Gasteiger partial charge in [0.15, 0.2) is 0 Å². The first-order valence-corrected chi connectivity index (χ1v) is 10.7. The first-order chi connectivity index (χ1) is 13.3. The zero-order chi connectivity index (χ0) is 19.9. The molecule has 0 radical (unpaired) electrons. The Kier molecular flexibility index (Phi) is 5.13. The zero-order valence-electron chi connectivity index (χ0n) is 16.7. The monoisotopic (exact) mass is 396 g/mol. The van der Waals surface area contributed by atoms with Gasteiger partial charge in [0.2, 0.25) is 0 Å². The summed E-state index contributed by atoms with van der Waals surface area (Å²) in [6.07, 6.45) is 6.74. The lowest BCUT2D eigenvalue weighted by molar-refractivity contribution is 0.0899. The number of benzene rings is 2. The third-order valence-corrected chi connectivity index (χ3v) is 7.06. The number of anilines is 2. The number of nitrogens with one attached hydrogen (secondary N) is 1. The quantitative estimate of drug-likeness (QED) is 0.600. The molecule has 0 spiro atoms. The van der Waals surface area contributed by atoms with Crippen molar-refractivity contribution in [3.63, 3.8) is 0 Å². The van der Waals surface area contributed by atoms with Crippen molar-refractivity contribution in [1.82, 2.24) is 0 Å². The zero-order valence-corrected chi connectivity index (χ0v) is 17.4. The van der Waals surface area contributed by atoms with E-state index < -0.39 is 0 Å². The first kappa shape index (κ1) is 19.3. The molecule has 0 aromatic heterocycles. The lowest BCUT2D eigenvalue weighted by atomic mass is 9.57. The molecule has 2 unspecified atom stereocenters. The molecule has 148 valence electrons. The number of carbonyl (C=O) groups is 1. The molecule has 2 saturated carbocycles. The van der Waals surface area contributed by atoms with Crippen LogP contribution in [0.2, 0.25) is 5.02 Å². The molecule has 1 amide bonds. The van der Waals surface area contributed by atoms with Gasteiger partial charge in [-0.1, -0.05) is 37.6 Å². The molecule has 3 nitrogen and oxygen atoms in total. The van der Waals surface area contributed by atoms with Gasteiger partial charge in [-0.3, -0.25) is 4.79 Å². The highest BCUT2D eigenvalue weighted by Crippen LogP contribution is 2.51. The number of fused-ring (bicyclic) bond motifs is 2. The molecular formula is C24H29ClN2O. The molecule has 0 aliphatic heterocycles. The molecule has 28 heavy (non-hydrogen) atoms. The Hall–Kier alpha value is -2.00. The fourth-order valence-electron chi connectivity index (χ4n) is 5.67. The van der Waals surface area contributed by atoms with E-state index in [4.69, 9.17) is 17.3 Å². The molecule has 4 heteroatoms. The van der Waals surface area contributed by atoms with Gasteiger partial charge in [-0.15, -0.1) is 0 Å². The number of nitrogens with two attached hydrogens (primary N) is 1. The molecule has 2 fully saturated rings. The Balaban J connectivity index is 1.46. The number of hydrogen-bond acceptors (Lipinski definition) is 2. The Morgan fingerprint density at radius 1 is 1.07 bits per heavy atom. The normalized spacial score (nSPS) is 29.3. The lowest BCUT2D eigenvalue weighted by Crippen LogP contribution is -2.38. The smallest absolute Gasteiger partial charge is 0.255 e. The summed E-state index contributed by atoms with van der Waals surface area (Å²) >= 11 is 5.94. The number of amides is 1. The average molecular weight is 397 g/mol. The second-order valence-corrected chi connectivity index (χ2v) is 9.69. The molecular weight excluding hydrogens is 368 g/mol. The third-order valence-electron chi connectivity index (χ3n) is 6.71. The standard InChI is InChI=1S/C24H29ClN2O/c1-15-9-16-11-17(10-15)14-24(2,13-16)19-4-6-20(7-5-19)27-23(28)18-3-8-21(25)22(26)12-18/h3-8,12,15-17H,9-11,13-14,26H2,1-2H3,(H,27,28). The van der Waals surface area contributed by atoms with Crippen LogP contribution in [0.25, 0.3) is 0 Å². The van der Waals surface area contributed by atoms with Gasteiger partial charge in [-0.2, -0.15) is 0 Å². The van der Waals surface area contributed by atoms with Crippen molar-refractivity contribution in [1.29, 1.82) is 0 Å². The van der Waals surface area contributed by atoms with Crippen molar-refractivity contribution in [2.24, 2.45) is 17.8 Å². The van der Waals surface area contributed by atoms with Gasteiger partial charge in [-0.05, 0) is 91.2 Å². The van der Waals surface area contributed by atoms with Crippen LogP contribution < -0.4 is 11.1 Å². The lowest BCUT2D eigenvalue weighted by Gasteiger charge is -2.47. The van der Waals surface area contributed by atoms with E-state index in [1.165, 1.54) is 37.7 Å². The number of hydrogen-bond donors (Lipinski definition) is 2. The van der Waals surface area contributed by atoms with Crippen LogP contribution in [0.1, 0.15) is 61.9 Å². The minimum absolute atomic E-state index is 0.177. The van der Waals surface area contributed by atoms with Gasteiger partial charge in [-0.25, -0.2) is 0 Å². The Bertz CT molecular complexity index is 859. The van der Waals surface area contributed by atoms with Crippen LogP contribution in [-0.4, -0.2) is 5.91 Å². The fraction of sp³-hybridized carbons (Fsp3) is 0.458. The van der Waals surface area contributed by atoms with Crippen molar-refractivity contribution in [3.05, 3.63) is 58.6 Å². The van der Waals surface area contributed by atoms with Crippen LogP contribution in [-0.2, 0) is 5.41 Å². The van der Waals surface area contributed by atoms with E-state index in [2.05, 4.69) is 31.3 Å². The molecule has 2 aromatic rings. The topological polar surface area (TPSA) is 55.1 Å². The van der Waals surface area contributed by atoms with Crippen LogP contribution >= 0.6 is 11.6 Å². The van der Waals surface area contributed by atoms with Crippen LogP contribution in [0, 0.1) is 17.8 Å². The highest BCUT2D eigenvalue weighted by Gasteiger charge is 2.41. The fourth-order valence-corrected chi connectivity index (χ4v) is 5.79. The summed E-state index contributed by atoms with van der Waals surface area (Å²) in [7, 11) is 0. The van der Waals surface area contributed by atoms with E-state index >= 15 is 0 Å². The SMILES string of the molecule is CC1CC2CC(C1)CC(C)(c1ccc(NC(=O)c3ccc(Cl)c(N)c3)cc1)C2. The van der Waals surface area contributed by atoms with Gasteiger partial charge < -0.3 is 11.1 Å². The minimum Gasteiger partial charge on any atom is -0.398 e. The van der Waals surface area contributed by atoms with Crippen LogP contribution in [0.4, 0.5) is 11.4 Å². The summed E-state index contributed by atoms with van der Waals surface area (Å²) < 4.78 is 0. The van der Waals surface area contributed by atoms with Crippen molar-refractivity contribution in [3.8, 4) is 0 Å². The molecule has 3 N–H and O–H groups in total. The largest absolute Gasteiger partial charge is 0.398 e. The predicted octanol–water partition coefficient (Wildman–Crippen LogP) is 6.28. The number of rotatable bonds is 3. The second kappa shape index (κ2) is 7.44. The van der Waals surface area contributed by atoms with Gasteiger partial charge in [0.25, 0.3) is 5.91 Å². The van der Waals surface area contributed by atoms with Gasteiger partial charge in [0, 0.05) is 11.3 Å².